The third-order valence-corrected chi connectivity index (χ3v) is 2.45. The van der Waals surface area contributed by atoms with Crippen LogP contribution in [-0.4, -0.2) is 22.0 Å². The van der Waals surface area contributed by atoms with Gasteiger partial charge in [0.25, 0.3) is 0 Å². The van der Waals surface area contributed by atoms with Crippen molar-refractivity contribution >= 4 is 11.9 Å². The van der Waals surface area contributed by atoms with Crippen molar-refractivity contribution in [3.05, 3.63) is 66.0 Å². The molecular formula is C14H11NO4. The van der Waals surface area contributed by atoms with Crippen LogP contribution in [0.3, 0.4) is 0 Å². The predicted molar refractivity (Wildman–Crippen MR) is 66.5 cm³/mol. The Hall–Kier alpha value is -2.69. The van der Waals surface area contributed by atoms with Crippen LogP contribution in [0.25, 0.3) is 0 Å². The van der Waals surface area contributed by atoms with Crippen molar-refractivity contribution in [2.24, 2.45) is 0 Å². The molecule has 2 rings (SSSR count). The van der Waals surface area contributed by atoms with Gasteiger partial charge in [-0.3, -0.25) is 4.98 Å². The number of pyridine rings is 1. The Bertz CT molecular complexity index is 569. The van der Waals surface area contributed by atoms with Crippen LogP contribution in [0.5, 0.6) is 0 Å². The van der Waals surface area contributed by atoms with Gasteiger partial charge in [0.1, 0.15) is 0 Å². The minimum absolute atomic E-state index is 0.213. The summed E-state index contributed by atoms with van der Waals surface area (Å²) in [7, 11) is 0. The average Bonchev–Trinajstić information content (AvgIpc) is 2.46. The fraction of sp³-hybridized carbons (Fsp3) is 0.0714. The second-order valence-corrected chi connectivity index (χ2v) is 3.78. The van der Waals surface area contributed by atoms with E-state index in [1.165, 1.54) is 18.5 Å². The number of carboxylic acids is 1. The number of rotatable bonds is 4. The lowest BCUT2D eigenvalue weighted by Crippen LogP contribution is -2.19. The highest BCUT2D eigenvalue weighted by atomic mass is 16.6. The summed E-state index contributed by atoms with van der Waals surface area (Å²) in [6, 6.07) is 11.4. The van der Waals surface area contributed by atoms with Crippen LogP contribution in [0.1, 0.15) is 22.0 Å². The Balaban J connectivity index is 2.19. The summed E-state index contributed by atoms with van der Waals surface area (Å²) in [5.41, 5.74) is 0.622. The monoisotopic (exact) mass is 257 g/mol. The molecule has 0 spiro atoms. The molecule has 0 radical (unpaired) electrons. The van der Waals surface area contributed by atoms with Gasteiger partial charge in [0.15, 0.2) is 0 Å². The first-order valence-corrected chi connectivity index (χ1v) is 5.57. The molecule has 96 valence electrons. The van der Waals surface area contributed by atoms with E-state index in [1.807, 2.05) is 0 Å². The highest BCUT2D eigenvalue weighted by Gasteiger charge is 2.24. The normalized spacial score (nSPS) is 11.6. The van der Waals surface area contributed by atoms with E-state index in [0.29, 0.717) is 5.56 Å². The fourth-order valence-electron chi connectivity index (χ4n) is 1.55. The first-order chi connectivity index (χ1) is 9.18. The van der Waals surface area contributed by atoms with E-state index in [-0.39, 0.29) is 5.56 Å². The molecule has 1 aromatic carbocycles. The summed E-state index contributed by atoms with van der Waals surface area (Å²) >= 11 is 0. The van der Waals surface area contributed by atoms with Crippen LogP contribution in [-0.2, 0) is 9.53 Å². The van der Waals surface area contributed by atoms with Crippen molar-refractivity contribution in [1.82, 2.24) is 4.98 Å². The van der Waals surface area contributed by atoms with Crippen molar-refractivity contribution in [3.63, 3.8) is 0 Å². The molecule has 5 heteroatoms. The largest absolute Gasteiger partial charge is 0.478 e. The number of aromatic nitrogens is 1. The van der Waals surface area contributed by atoms with Gasteiger partial charge in [0, 0.05) is 18.0 Å². The zero-order chi connectivity index (χ0) is 13.7. The van der Waals surface area contributed by atoms with E-state index < -0.39 is 18.0 Å². The van der Waals surface area contributed by atoms with Gasteiger partial charge < -0.3 is 9.84 Å². The first-order valence-electron chi connectivity index (χ1n) is 5.57. The van der Waals surface area contributed by atoms with Crippen molar-refractivity contribution in [1.29, 1.82) is 0 Å². The zero-order valence-electron chi connectivity index (χ0n) is 9.89. The molecule has 5 nitrogen and oxygen atoms in total. The molecule has 0 bridgehead atoms. The van der Waals surface area contributed by atoms with Crippen LogP contribution in [0.4, 0.5) is 0 Å². The van der Waals surface area contributed by atoms with Gasteiger partial charge in [-0.1, -0.05) is 30.3 Å². The highest BCUT2D eigenvalue weighted by Crippen LogP contribution is 2.19. The van der Waals surface area contributed by atoms with Crippen LogP contribution in [0, 0.1) is 0 Å². The van der Waals surface area contributed by atoms with Crippen molar-refractivity contribution < 1.29 is 19.4 Å². The highest BCUT2D eigenvalue weighted by molar-refractivity contribution is 5.91. The number of esters is 1. The summed E-state index contributed by atoms with van der Waals surface area (Å²) in [5, 5.41) is 9.13. The molecule has 0 aliphatic carbocycles. The van der Waals surface area contributed by atoms with Crippen LogP contribution in [0.15, 0.2) is 54.9 Å². The van der Waals surface area contributed by atoms with Crippen LogP contribution >= 0.6 is 0 Å². The average molecular weight is 257 g/mol. The molecule has 0 saturated heterocycles. The van der Waals surface area contributed by atoms with E-state index in [4.69, 9.17) is 9.84 Å². The second-order valence-electron chi connectivity index (χ2n) is 3.78. The zero-order valence-corrected chi connectivity index (χ0v) is 9.89. The lowest BCUT2D eigenvalue weighted by atomic mass is 10.1. The van der Waals surface area contributed by atoms with E-state index in [1.54, 1.807) is 36.4 Å². The topological polar surface area (TPSA) is 76.5 Å². The number of hydrogen-bond acceptors (Lipinski definition) is 4. The second kappa shape index (κ2) is 5.77. The SMILES string of the molecule is O=C(O[C@H](C(=O)O)c1ccccc1)c1cccnc1. The van der Waals surface area contributed by atoms with Gasteiger partial charge >= 0.3 is 11.9 Å². The molecule has 0 amide bonds. The number of nitrogens with zero attached hydrogens (tertiary/aromatic N) is 1. The van der Waals surface area contributed by atoms with Gasteiger partial charge in [-0.2, -0.15) is 0 Å². The number of carbonyl (C=O) groups excluding carboxylic acids is 1. The number of carboxylic acid groups (broad SMARTS) is 1. The Labute approximate surface area is 109 Å². The number of carbonyl (C=O) groups is 2. The number of aliphatic carboxylic acids is 1. The summed E-state index contributed by atoms with van der Waals surface area (Å²) in [5.74, 6) is -1.94. The Kier molecular flexibility index (Phi) is 3.87. The van der Waals surface area contributed by atoms with Crippen molar-refractivity contribution in [2.45, 2.75) is 6.10 Å². The molecule has 19 heavy (non-hydrogen) atoms. The third-order valence-electron chi connectivity index (χ3n) is 2.45. The number of hydrogen-bond donors (Lipinski definition) is 1. The molecule has 0 aliphatic heterocycles. The molecule has 0 saturated carbocycles. The van der Waals surface area contributed by atoms with Crippen molar-refractivity contribution in [2.75, 3.05) is 0 Å². The smallest absolute Gasteiger partial charge is 0.349 e. The predicted octanol–water partition coefficient (Wildman–Crippen LogP) is 2.06. The molecule has 0 aliphatic rings. The summed E-state index contributed by atoms with van der Waals surface area (Å²) in [4.78, 5) is 26.8. The van der Waals surface area contributed by atoms with Gasteiger partial charge in [0.05, 0.1) is 5.56 Å². The minimum Gasteiger partial charge on any atom is -0.478 e. The van der Waals surface area contributed by atoms with Gasteiger partial charge in [-0.05, 0) is 12.1 Å². The lowest BCUT2D eigenvalue weighted by Gasteiger charge is -2.13. The molecular weight excluding hydrogens is 246 g/mol. The van der Waals surface area contributed by atoms with Crippen LogP contribution < -0.4 is 0 Å². The fourth-order valence-corrected chi connectivity index (χ4v) is 1.55. The summed E-state index contributed by atoms with van der Waals surface area (Å²) in [6.07, 6.45) is 1.52. The standard InChI is InChI=1S/C14H11NO4/c16-13(17)12(10-5-2-1-3-6-10)19-14(18)11-7-4-8-15-9-11/h1-9,12H,(H,16,17)/t12-/m0/s1. The molecule has 0 unspecified atom stereocenters. The molecule has 1 heterocycles. The molecule has 2 aromatic rings. The summed E-state index contributed by atoms with van der Waals surface area (Å²) in [6.45, 7) is 0. The Morgan fingerprint density at radius 2 is 1.84 bits per heavy atom. The third kappa shape index (κ3) is 3.16. The van der Waals surface area contributed by atoms with Crippen molar-refractivity contribution in [3.8, 4) is 0 Å². The van der Waals surface area contributed by atoms with Gasteiger partial charge in [0.2, 0.25) is 6.10 Å². The Morgan fingerprint density at radius 3 is 2.42 bits per heavy atom. The van der Waals surface area contributed by atoms with E-state index in [9.17, 15) is 9.59 Å². The molecule has 1 aromatic heterocycles. The maximum absolute atomic E-state index is 11.8. The number of benzene rings is 1. The van der Waals surface area contributed by atoms with Crippen LogP contribution in [0.2, 0.25) is 0 Å². The lowest BCUT2D eigenvalue weighted by molar-refractivity contribution is -0.147. The van der Waals surface area contributed by atoms with E-state index in [0.717, 1.165) is 0 Å². The van der Waals surface area contributed by atoms with Gasteiger partial charge in [-0.25, -0.2) is 9.59 Å². The maximum Gasteiger partial charge on any atom is 0.349 e. The molecule has 0 fully saturated rings. The minimum atomic E-state index is -1.33. The quantitative estimate of drug-likeness (QED) is 0.848. The summed E-state index contributed by atoms with van der Waals surface area (Å²) < 4.78 is 5.01. The van der Waals surface area contributed by atoms with E-state index in [2.05, 4.69) is 4.98 Å². The number of ether oxygens (including phenoxy) is 1. The van der Waals surface area contributed by atoms with E-state index >= 15 is 0 Å². The first kappa shape index (κ1) is 12.8. The molecule has 1 N–H and O–H groups in total. The molecule has 1 atom stereocenters. The van der Waals surface area contributed by atoms with Gasteiger partial charge in [-0.15, -0.1) is 0 Å². The maximum atomic E-state index is 11.8. The Morgan fingerprint density at radius 1 is 1.11 bits per heavy atom.